The van der Waals surface area contributed by atoms with Crippen LogP contribution in [-0.4, -0.2) is 91.3 Å². The number of thioether (sulfide) groups is 1. The second-order valence-electron chi connectivity index (χ2n) is 10.8. The van der Waals surface area contributed by atoms with Gasteiger partial charge in [0.1, 0.15) is 0 Å². The highest BCUT2D eigenvalue weighted by Gasteiger charge is 2.27. The van der Waals surface area contributed by atoms with Crippen LogP contribution in [0, 0.1) is 6.92 Å². The van der Waals surface area contributed by atoms with E-state index in [9.17, 15) is 21.6 Å². The highest BCUT2D eigenvalue weighted by Crippen LogP contribution is 2.29. The number of anilines is 1. The number of carbonyl (C=O) groups is 1. The minimum atomic E-state index is -3.74. The molecule has 1 aliphatic heterocycles. The van der Waals surface area contributed by atoms with Gasteiger partial charge in [-0.15, -0.1) is 10.2 Å². The van der Waals surface area contributed by atoms with Crippen molar-refractivity contribution in [2.45, 2.75) is 42.3 Å². The molecule has 47 heavy (non-hydrogen) atoms. The summed E-state index contributed by atoms with van der Waals surface area (Å²) in [6.45, 7) is 7.71. The summed E-state index contributed by atoms with van der Waals surface area (Å²) in [4.78, 5) is 13.4. The van der Waals surface area contributed by atoms with Crippen molar-refractivity contribution in [1.29, 1.82) is 0 Å². The summed E-state index contributed by atoms with van der Waals surface area (Å²) in [6, 6.07) is 21.0. The SMILES string of the molecule is CCN(CC)S(=O)(=O)c1cccc(-c2nnc(SCC(=O)Nc3cc(S(=O)(=O)N4CCOCC4)ccc3C)n2Cc2ccccc2)c1. The number of sulfonamides is 2. The maximum absolute atomic E-state index is 13.3. The van der Waals surface area contributed by atoms with Crippen molar-refractivity contribution in [1.82, 2.24) is 23.4 Å². The molecule has 0 unspecified atom stereocenters. The molecule has 1 fully saturated rings. The Morgan fingerprint density at radius 1 is 0.915 bits per heavy atom. The minimum Gasteiger partial charge on any atom is -0.379 e. The number of ether oxygens (including phenoxy) is 1. The fraction of sp³-hybridized carbons (Fsp3) is 0.344. The number of nitrogens with zero attached hydrogens (tertiary/aromatic N) is 5. The Kier molecular flexibility index (Phi) is 11.1. The van der Waals surface area contributed by atoms with E-state index in [1.165, 1.54) is 26.4 Å². The van der Waals surface area contributed by atoms with Gasteiger partial charge in [0.2, 0.25) is 26.0 Å². The number of carbonyl (C=O) groups excluding carboxylic acids is 1. The fourth-order valence-electron chi connectivity index (χ4n) is 5.17. The van der Waals surface area contributed by atoms with Crippen LogP contribution < -0.4 is 5.32 Å². The van der Waals surface area contributed by atoms with Crippen LogP contribution >= 0.6 is 11.8 Å². The molecular weight excluding hydrogens is 661 g/mol. The lowest BCUT2D eigenvalue weighted by Gasteiger charge is -2.26. The van der Waals surface area contributed by atoms with Crippen LogP contribution in [0.25, 0.3) is 11.4 Å². The molecule has 0 radical (unpaired) electrons. The number of morpholine rings is 1. The van der Waals surface area contributed by atoms with Crippen LogP contribution in [0.1, 0.15) is 25.0 Å². The van der Waals surface area contributed by atoms with Gasteiger partial charge in [-0.05, 0) is 42.3 Å². The smallest absolute Gasteiger partial charge is 0.243 e. The van der Waals surface area contributed by atoms with Gasteiger partial charge in [-0.2, -0.15) is 8.61 Å². The summed E-state index contributed by atoms with van der Waals surface area (Å²) in [6.07, 6.45) is 0. The van der Waals surface area contributed by atoms with Crippen molar-refractivity contribution < 1.29 is 26.4 Å². The topological polar surface area (TPSA) is 144 Å². The standard InChI is InChI=1S/C32H38N6O6S3/c1-4-36(5-2)46(40,41)27-13-9-12-26(20-27)31-34-35-32(38(31)22-25-10-7-6-8-11-25)45-23-30(39)33-29-21-28(15-14-24(29)3)47(42,43)37-16-18-44-19-17-37/h6-15,20-21H,4-5,16-19,22-23H2,1-3H3,(H,33,39). The zero-order chi connectivity index (χ0) is 33.6. The molecule has 1 N–H and O–H groups in total. The van der Waals surface area contributed by atoms with Crippen molar-refractivity contribution in [3.8, 4) is 11.4 Å². The van der Waals surface area contributed by atoms with Crippen molar-refractivity contribution >= 4 is 43.4 Å². The summed E-state index contributed by atoms with van der Waals surface area (Å²) < 4.78 is 62.8. The lowest BCUT2D eigenvalue weighted by Crippen LogP contribution is -2.40. The van der Waals surface area contributed by atoms with Crippen molar-refractivity contribution in [3.63, 3.8) is 0 Å². The van der Waals surface area contributed by atoms with Crippen LogP contribution in [-0.2, 0) is 36.1 Å². The predicted molar refractivity (Wildman–Crippen MR) is 181 cm³/mol. The molecule has 0 bridgehead atoms. The van der Waals surface area contributed by atoms with Gasteiger partial charge >= 0.3 is 0 Å². The molecule has 3 aromatic carbocycles. The number of aromatic nitrogens is 3. The lowest BCUT2D eigenvalue weighted by molar-refractivity contribution is -0.113. The summed E-state index contributed by atoms with van der Waals surface area (Å²) in [5.74, 6) is 0.0933. The molecule has 2 heterocycles. The first-order valence-corrected chi connectivity index (χ1v) is 19.1. The van der Waals surface area contributed by atoms with E-state index in [0.717, 1.165) is 11.1 Å². The average molecular weight is 699 g/mol. The lowest BCUT2D eigenvalue weighted by atomic mass is 10.2. The van der Waals surface area contributed by atoms with E-state index in [4.69, 9.17) is 4.74 Å². The maximum Gasteiger partial charge on any atom is 0.243 e. The van der Waals surface area contributed by atoms with Crippen molar-refractivity contribution in [3.05, 3.63) is 83.9 Å². The van der Waals surface area contributed by atoms with Gasteiger partial charge in [-0.1, -0.05) is 74.1 Å². The molecule has 5 rings (SSSR count). The van der Waals surface area contributed by atoms with Crippen LogP contribution in [0.5, 0.6) is 0 Å². The third kappa shape index (κ3) is 7.93. The average Bonchev–Trinajstić information content (AvgIpc) is 3.48. The molecular formula is C32H38N6O6S3. The van der Waals surface area contributed by atoms with E-state index in [0.29, 0.717) is 55.1 Å². The molecule has 15 heteroatoms. The zero-order valence-corrected chi connectivity index (χ0v) is 28.9. The first kappa shape index (κ1) is 34.7. The quantitative estimate of drug-likeness (QED) is 0.204. The predicted octanol–water partition coefficient (Wildman–Crippen LogP) is 4.08. The normalized spacial score (nSPS) is 14.4. The van der Waals surface area contributed by atoms with Gasteiger partial charge in [-0.3, -0.25) is 9.36 Å². The van der Waals surface area contributed by atoms with Crippen LogP contribution in [0.2, 0.25) is 0 Å². The van der Waals surface area contributed by atoms with Gasteiger partial charge in [0.25, 0.3) is 0 Å². The third-order valence-corrected chi connectivity index (χ3v) is 12.7. The number of hydrogen-bond acceptors (Lipinski definition) is 9. The first-order valence-electron chi connectivity index (χ1n) is 15.2. The van der Waals surface area contributed by atoms with E-state index in [-0.39, 0.29) is 34.5 Å². The number of amides is 1. The first-order chi connectivity index (χ1) is 22.5. The molecule has 1 amide bonds. The van der Waals surface area contributed by atoms with E-state index in [1.807, 2.05) is 34.9 Å². The zero-order valence-electron chi connectivity index (χ0n) is 26.5. The van der Waals surface area contributed by atoms with Gasteiger partial charge in [-0.25, -0.2) is 16.8 Å². The highest BCUT2D eigenvalue weighted by atomic mass is 32.2. The number of nitrogens with one attached hydrogen (secondary N) is 1. The molecule has 12 nitrogen and oxygen atoms in total. The second kappa shape index (κ2) is 15.1. The Labute approximate surface area is 280 Å². The maximum atomic E-state index is 13.3. The molecule has 250 valence electrons. The van der Waals surface area contributed by atoms with E-state index < -0.39 is 20.0 Å². The molecule has 1 aliphatic rings. The molecule has 1 aromatic heterocycles. The van der Waals surface area contributed by atoms with Gasteiger partial charge in [0, 0.05) is 37.4 Å². The number of aryl methyl sites for hydroxylation is 1. The monoisotopic (exact) mass is 698 g/mol. The van der Waals surface area contributed by atoms with Crippen LogP contribution in [0.4, 0.5) is 5.69 Å². The van der Waals surface area contributed by atoms with Crippen LogP contribution in [0.15, 0.2) is 87.7 Å². The molecule has 0 spiro atoms. The summed E-state index contributed by atoms with van der Waals surface area (Å²) in [7, 11) is -7.44. The molecule has 0 atom stereocenters. The number of hydrogen-bond donors (Lipinski definition) is 1. The Hall–Kier alpha value is -3.60. The highest BCUT2D eigenvalue weighted by molar-refractivity contribution is 7.99. The Bertz CT molecular complexity index is 1920. The Balaban J connectivity index is 1.38. The van der Waals surface area contributed by atoms with E-state index >= 15 is 0 Å². The van der Waals surface area contributed by atoms with Crippen LogP contribution in [0.3, 0.4) is 0 Å². The molecule has 4 aromatic rings. The van der Waals surface area contributed by atoms with Gasteiger partial charge in [0.05, 0.1) is 35.3 Å². The van der Waals surface area contributed by atoms with Crippen molar-refractivity contribution in [2.75, 3.05) is 50.5 Å². The molecule has 0 aliphatic carbocycles. The number of rotatable bonds is 13. The number of benzene rings is 3. The molecule has 1 saturated heterocycles. The summed E-state index contributed by atoms with van der Waals surface area (Å²) in [5, 5.41) is 12.1. The largest absolute Gasteiger partial charge is 0.379 e. The van der Waals surface area contributed by atoms with Gasteiger partial charge < -0.3 is 10.1 Å². The van der Waals surface area contributed by atoms with E-state index in [1.54, 1.807) is 57.2 Å². The fourth-order valence-corrected chi connectivity index (χ4v) is 8.85. The summed E-state index contributed by atoms with van der Waals surface area (Å²) in [5.41, 5.74) is 2.67. The third-order valence-electron chi connectivity index (χ3n) is 7.76. The Morgan fingerprint density at radius 3 is 2.34 bits per heavy atom. The second-order valence-corrected chi connectivity index (χ2v) is 15.6. The Morgan fingerprint density at radius 2 is 1.64 bits per heavy atom. The van der Waals surface area contributed by atoms with Crippen molar-refractivity contribution in [2.24, 2.45) is 0 Å². The summed E-state index contributed by atoms with van der Waals surface area (Å²) >= 11 is 1.18. The molecule has 0 saturated carbocycles. The minimum absolute atomic E-state index is 0.0246. The van der Waals surface area contributed by atoms with E-state index in [2.05, 4.69) is 15.5 Å². The van der Waals surface area contributed by atoms with Gasteiger partial charge in [0.15, 0.2) is 11.0 Å².